The monoisotopic (exact) mass is 439 g/mol. The molecule has 3 aromatic rings. The van der Waals surface area contributed by atoms with Gasteiger partial charge in [-0.3, -0.25) is 9.69 Å². The number of aryl methyl sites for hydroxylation is 1. The maximum absolute atomic E-state index is 13.4. The van der Waals surface area contributed by atoms with E-state index in [1.165, 1.54) is 7.11 Å². The third-order valence-electron chi connectivity index (χ3n) is 5.47. The first-order chi connectivity index (χ1) is 16.0. The van der Waals surface area contributed by atoms with Crippen LogP contribution in [0.25, 0.3) is 6.08 Å². The van der Waals surface area contributed by atoms with E-state index in [2.05, 4.69) is 0 Å². The quantitative estimate of drug-likeness (QED) is 0.379. The minimum atomic E-state index is -0.543. The predicted octanol–water partition coefficient (Wildman–Crippen LogP) is 5.45. The summed E-state index contributed by atoms with van der Waals surface area (Å²) in [6.07, 6.45) is 1.71. The Labute approximate surface area is 193 Å². The van der Waals surface area contributed by atoms with Crippen LogP contribution in [0.2, 0.25) is 0 Å². The zero-order valence-electron chi connectivity index (χ0n) is 18.9. The Morgan fingerprint density at radius 3 is 2.42 bits per heavy atom. The van der Waals surface area contributed by atoms with Gasteiger partial charge in [0, 0.05) is 11.4 Å². The predicted molar refractivity (Wildman–Crippen MR) is 129 cm³/mol. The normalized spacial score (nSPS) is 14.7. The molecule has 0 bridgehead atoms. The molecule has 0 unspecified atom stereocenters. The molecule has 0 aromatic heterocycles. The van der Waals surface area contributed by atoms with Crippen molar-refractivity contribution in [1.82, 2.24) is 0 Å². The molecule has 0 saturated carbocycles. The van der Waals surface area contributed by atoms with Crippen molar-refractivity contribution < 1.29 is 19.1 Å². The molecule has 3 aromatic carbocycles. The van der Waals surface area contributed by atoms with E-state index in [9.17, 15) is 9.59 Å². The Balaban J connectivity index is 1.67. The molecule has 0 aliphatic carbocycles. The summed E-state index contributed by atoms with van der Waals surface area (Å²) in [7, 11) is 1.32. The molecule has 1 aliphatic rings. The number of benzene rings is 3. The summed E-state index contributed by atoms with van der Waals surface area (Å²) in [6.45, 7) is 4.15. The molecule has 0 saturated heterocycles. The molecular weight excluding hydrogens is 414 g/mol. The number of rotatable bonds is 6. The molecule has 0 N–H and O–H groups in total. The Kier molecular flexibility index (Phi) is 6.41. The lowest BCUT2D eigenvalue weighted by molar-refractivity contribution is -0.136. The largest absolute Gasteiger partial charge is 0.489 e. The summed E-state index contributed by atoms with van der Waals surface area (Å²) in [6, 6.07) is 24.9. The van der Waals surface area contributed by atoms with Crippen LogP contribution in [-0.4, -0.2) is 19.0 Å². The molecule has 1 amide bonds. The summed E-state index contributed by atoms with van der Waals surface area (Å²) >= 11 is 0. The van der Waals surface area contributed by atoms with Gasteiger partial charge in [-0.1, -0.05) is 54.6 Å². The van der Waals surface area contributed by atoms with Crippen molar-refractivity contribution in [2.45, 2.75) is 20.5 Å². The van der Waals surface area contributed by atoms with Gasteiger partial charge in [-0.15, -0.1) is 0 Å². The number of nitrogens with zero attached hydrogens (tertiary/aromatic N) is 1. The Hall–Kier alpha value is -4.12. The Morgan fingerprint density at radius 2 is 1.70 bits per heavy atom. The van der Waals surface area contributed by atoms with Gasteiger partial charge < -0.3 is 9.47 Å². The van der Waals surface area contributed by atoms with E-state index in [-0.39, 0.29) is 11.5 Å². The highest BCUT2D eigenvalue weighted by atomic mass is 16.5. The Morgan fingerprint density at radius 1 is 0.939 bits per heavy atom. The first-order valence-electron chi connectivity index (χ1n) is 10.7. The number of anilines is 1. The lowest BCUT2D eigenvalue weighted by atomic mass is 10.0. The fraction of sp³-hybridized carbons (Fsp3) is 0.143. The fourth-order valence-corrected chi connectivity index (χ4v) is 3.86. The highest BCUT2D eigenvalue weighted by molar-refractivity contribution is 6.23. The molecule has 5 heteroatoms. The zero-order valence-corrected chi connectivity index (χ0v) is 18.9. The number of hydrogen-bond acceptors (Lipinski definition) is 4. The van der Waals surface area contributed by atoms with Crippen molar-refractivity contribution >= 4 is 23.6 Å². The number of allylic oxidation sites excluding steroid dienone is 1. The average Bonchev–Trinajstić information content (AvgIpc) is 3.07. The maximum atomic E-state index is 13.4. The maximum Gasteiger partial charge on any atom is 0.340 e. The second kappa shape index (κ2) is 9.57. The summed E-state index contributed by atoms with van der Waals surface area (Å²) in [4.78, 5) is 27.6. The van der Waals surface area contributed by atoms with E-state index in [0.717, 1.165) is 16.7 Å². The van der Waals surface area contributed by atoms with E-state index < -0.39 is 5.97 Å². The minimum absolute atomic E-state index is 0.264. The summed E-state index contributed by atoms with van der Waals surface area (Å²) in [5.74, 6) is -0.137. The molecule has 4 rings (SSSR count). The topological polar surface area (TPSA) is 55.8 Å². The van der Waals surface area contributed by atoms with Crippen molar-refractivity contribution in [3.8, 4) is 5.75 Å². The molecule has 0 spiro atoms. The SMILES string of the molecule is COC(=O)C1=C(C)N(c2cccc(C)c2)C(=O)/C1=C\c1cccc(OCc2ccccc2)c1. The van der Waals surface area contributed by atoms with Crippen LogP contribution < -0.4 is 9.64 Å². The van der Waals surface area contributed by atoms with Gasteiger partial charge in [0.2, 0.25) is 0 Å². The third kappa shape index (κ3) is 4.72. The first-order valence-corrected chi connectivity index (χ1v) is 10.7. The van der Waals surface area contributed by atoms with Gasteiger partial charge in [-0.2, -0.15) is 0 Å². The van der Waals surface area contributed by atoms with E-state index in [0.29, 0.717) is 29.3 Å². The summed E-state index contributed by atoms with van der Waals surface area (Å²) in [5, 5.41) is 0. The number of amides is 1. The standard InChI is InChI=1S/C28H25NO4/c1-19-9-7-13-23(15-19)29-20(2)26(28(31)32-3)25(27(29)30)17-22-12-8-14-24(16-22)33-18-21-10-5-4-6-11-21/h4-17H,18H2,1-3H3/b25-17-. The number of ether oxygens (including phenoxy) is 2. The Bertz CT molecular complexity index is 1260. The van der Waals surface area contributed by atoms with Gasteiger partial charge in [0.1, 0.15) is 12.4 Å². The van der Waals surface area contributed by atoms with Crippen molar-refractivity contribution in [3.63, 3.8) is 0 Å². The van der Waals surface area contributed by atoms with Crippen LogP contribution in [0.15, 0.2) is 95.7 Å². The third-order valence-corrected chi connectivity index (χ3v) is 5.47. The van der Waals surface area contributed by atoms with Crippen LogP contribution in [0, 0.1) is 6.92 Å². The van der Waals surface area contributed by atoms with Gasteiger partial charge in [0.15, 0.2) is 0 Å². The van der Waals surface area contributed by atoms with Gasteiger partial charge in [0.25, 0.3) is 5.91 Å². The molecule has 0 atom stereocenters. The van der Waals surface area contributed by atoms with E-state index in [1.807, 2.05) is 85.8 Å². The summed E-state index contributed by atoms with van der Waals surface area (Å²) < 4.78 is 10.9. The van der Waals surface area contributed by atoms with E-state index in [1.54, 1.807) is 17.9 Å². The minimum Gasteiger partial charge on any atom is -0.489 e. The van der Waals surface area contributed by atoms with Crippen LogP contribution in [0.4, 0.5) is 5.69 Å². The number of esters is 1. The molecule has 33 heavy (non-hydrogen) atoms. The smallest absolute Gasteiger partial charge is 0.340 e. The number of methoxy groups -OCH3 is 1. The second-order valence-electron chi connectivity index (χ2n) is 7.84. The highest BCUT2D eigenvalue weighted by Gasteiger charge is 2.37. The number of hydrogen-bond donors (Lipinski definition) is 0. The molecule has 0 fully saturated rings. The molecule has 1 heterocycles. The van der Waals surface area contributed by atoms with Crippen molar-refractivity contribution in [3.05, 3.63) is 112 Å². The fourth-order valence-electron chi connectivity index (χ4n) is 3.86. The van der Waals surface area contributed by atoms with Crippen molar-refractivity contribution in [2.75, 3.05) is 12.0 Å². The second-order valence-corrected chi connectivity index (χ2v) is 7.84. The van der Waals surface area contributed by atoms with Gasteiger partial charge in [-0.25, -0.2) is 4.79 Å². The summed E-state index contributed by atoms with van der Waals surface area (Å²) in [5.41, 5.74) is 4.65. The van der Waals surface area contributed by atoms with Crippen LogP contribution in [0.5, 0.6) is 5.75 Å². The highest BCUT2D eigenvalue weighted by Crippen LogP contribution is 2.36. The lowest BCUT2D eigenvalue weighted by Crippen LogP contribution is -2.24. The molecular formula is C28H25NO4. The van der Waals surface area contributed by atoms with Crippen molar-refractivity contribution in [2.24, 2.45) is 0 Å². The molecule has 5 nitrogen and oxygen atoms in total. The van der Waals surface area contributed by atoms with Crippen LogP contribution >= 0.6 is 0 Å². The van der Waals surface area contributed by atoms with Crippen LogP contribution in [0.1, 0.15) is 23.6 Å². The molecule has 0 radical (unpaired) electrons. The van der Waals surface area contributed by atoms with E-state index in [4.69, 9.17) is 9.47 Å². The van der Waals surface area contributed by atoms with Gasteiger partial charge in [0.05, 0.1) is 18.3 Å². The first kappa shape index (κ1) is 22.1. The average molecular weight is 440 g/mol. The van der Waals surface area contributed by atoms with Gasteiger partial charge >= 0.3 is 5.97 Å². The molecule has 166 valence electrons. The lowest BCUT2D eigenvalue weighted by Gasteiger charge is -2.18. The van der Waals surface area contributed by atoms with Crippen molar-refractivity contribution in [1.29, 1.82) is 0 Å². The van der Waals surface area contributed by atoms with Crippen LogP contribution in [-0.2, 0) is 20.9 Å². The van der Waals surface area contributed by atoms with Gasteiger partial charge in [-0.05, 0) is 60.9 Å². The zero-order chi connectivity index (χ0) is 23.4. The van der Waals surface area contributed by atoms with Crippen LogP contribution in [0.3, 0.4) is 0 Å². The van der Waals surface area contributed by atoms with E-state index >= 15 is 0 Å². The number of carbonyl (C=O) groups is 2. The molecule has 1 aliphatic heterocycles. The number of carbonyl (C=O) groups excluding carboxylic acids is 2.